The van der Waals surface area contributed by atoms with Crippen LogP contribution in [0, 0.1) is 0 Å². The number of unbranched alkanes of at least 4 members (excludes halogenated alkanes) is 10. The lowest BCUT2D eigenvalue weighted by Gasteiger charge is -2.49. The number of fused-ring (bicyclic) bond motifs is 2. The number of carbonyl (C=O) groups is 1. The largest absolute Gasteiger partial charge is 0.394 e. The van der Waals surface area contributed by atoms with E-state index in [1.165, 1.54) is 0 Å². The monoisotopic (exact) mass is 1020 g/mol. The van der Waals surface area contributed by atoms with Crippen molar-refractivity contribution in [1.82, 2.24) is 4.90 Å². The lowest BCUT2D eigenvalue weighted by Crippen LogP contribution is -2.69. The first kappa shape index (κ1) is 57.5. The lowest BCUT2D eigenvalue weighted by molar-refractivity contribution is -0.322. The van der Waals surface area contributed by atoms with Crippen molar-refractivity contribution in [1.29, 1.82) is 0 Å². The molecule has 1 unspecified atom stereocenters. The van der Waals surface area contributed by atoms with Gasteiger partial charge in [0.2, 0.25) is 5.91 Å². The van der Waals surface area contributed by atoms with Gasteiger partial charge in [-0.3, -0.25) is 4.79 Å². The van der Waals surface area contributed by atoms with E-state index >= 15 is 0 Å². The highest BCUT2D eigenvalue weighted by molar-refractivity contribution is 6.41. The number of aliphatic hydroxyl groups is 5. The van der Waals surface area contributed by atoms with Crippen molar-refractivity contribution in [3.63, 3.8) is 0 Å². The average Bonchev–Trinajstić information content (AvgIpc) is 3.37. The Morgan fingerprint density at radius 1 is 0.662 bits per heavy atom. The predicted octanol–water partition coefficient (Wildman–Crippen LogP) is 1.05. The van der Waals surface area contributed by atoms with Crippen molar-refractivity contribution in [2.45, 2.75) is 194 Å². The van der Waals surface area contributed by atoms with E-state index in [1.54, 1.807) is 0 Å². The van der Waals surface area contributed by atoms with E-state index in [-0.39, 0.29) is 25.5 Å². The summed E-state index contributed by atoms with van der Waals surface area (Å²) < 4.78 is 30.7. The molecular formula is C51H83ClN8O11. The van der Waals surface area contributed by atoms with Crippen molar-refractivity contribution in [3.05, 3.63) is 59.1 Å². The maximum absolute atomic E-state index is 14.0. The third-order valence-electron chi connectivity index (χ3n) is 14.6. The van der Waals surface area contributed by atoms with Crippen LogP contribution in [0.25, 0.3) is 21.5 Å². The molecule has 1 saturated carbocycles. The Hall–Kier alpha value is -2.74. The number of carbonyl (C=O) groups excluding carboxylic acids is 1. The molecule has 0 radical (unpaired) electrons. The van der Waals surface area contributed by atoms with Crippen LogP contribution in [0.3, 0.4) is 0 Å². The molecule has 2 heterocycles. The Kier molecular flexibility index (Phi) is 22.9. The molecule has 3 aromatic rings. The van der Waals surface area contributed by atoms with Crippen molar-refractivity contribution in [2.24, 2.45) is 40.1 Å². The van der Waals surface area contributed by atoms with Gasteiger partial charge in [-0.2, -0.15) is 0 Å². The third kappa shape index (κ3) is 14.6. The van der Waals surface area contributed by atoms with E-state index in [0.717, 1.165) is 97.7 Å². The molecule has 1 aliphatic carbocycles. The second kappa shape index (κ2) is 28.2. The molecule has 19 nitrogen and oxygen atoms in total. The Labute approximate surface area is 422 Å². The van der Waals surface area contributed by atoms with E-state index < -0.39 is 104 Å². The highest BCUT2D eigenvalue weighted by Crippen LogP contribution is 2.37. The van der Waals surface area contributed by atoms with Crippen molar-refractivity contribution >= 4 is 39.1 Å². The number of benzene rings is 3. The van der Waals surface area contributed by atoms with Crippen LogP contribution in [0.1, 0.15) is 95.5 Å². The molecule has 20 heteroatoms. The van der Waals surface area contributed by atoms with E-state index in [1.807, 2.05) is 41.3 Å². The van der Waals surface area contributed by atoms with Gasteiger partial charge in [0, 0.05) is 49.1 Å². The number of nitrogens with two attached hydrogens (primary N) is 7. The standard InChI is InChI=1S/C51H83ClN8O11/c52-39-31-19-11-9-17-29(31)33(30-18-10-12-20-32(30)39)27-60(49(66)34(55)21-13-14-22-53)23-15-7-5-3-1-2-4-6-8-16-24-67-48-46(70-50-41(59)44(64)43(63)37(26-54)68-50)35(56)25-36(57)47(48)71-51-45(65)40(58)42(62)38(28-61)69-51/h9-12,17-20,34-38,40-48,50-51,61-65H,1-8,13-16,21-28,53-59H2/t34?,35-,36+,37+,38+,40-,41+,42+,43+,44+,45+,46+,47-,48-,50+,51-/m0/s1. The molecule has 0 spiro atoms. The van der Waals surface area contributed by atoms with Gasteiger partial charge in [0.05, 0.1) is 29.8 Å². The average molecular weight is 1020 g/mol. The van der Waals surface area contributed by atoms with Gasteiger partial charge in [-0.15, -0.1) is 0 Å². The Bertz CT molecular complexity index is 1970. The topological polar surface area (TPSA) is 350 Å². The summed E-state index contributed by atoms with van der Waals surface area (Å²) in [4.78, 5) is 15.9. The number of halogens is 1. The highest BCUT2D eigenvalue weighted by Gasteiger charge is 2.52. The number of aliphatic hydroxyl groups excluding tert-OH is 5. The van der Waals surface area contributed by atoms with Crippen molar-refractivity contribution in [2.75, 3.05) is 32.8 Å². The van der Waals surface area contributed by atoms with Crippen LogP contribution in [0.2, 0.25) is 5.02 Å². The summed E-state index contributed by atoms with van der Waals surface area (Å²) >= 11 is 6.91. The summed E-state index contributed by atoms with van der Waals surface area (Å²) in [6.07, 6.45) is -0.864. The molecule has 0 aromatic heterocycles. The third-order valence-corrected chi connectivity index (χ3v) is 15.0. The number of ether oxygens (including phenoxy) is 5. The number of hydrogen-bond donors (Lipinski definition) is 12. The molecule has 3 aliphatic rings. The fourth-order valence-electron chi connectivity index (χ4n) is 10.3. The second-order valence-corrected chi connectivity index (χ2v) is 20.2. The van der Waals surface area contributed by atoms with Crippen molar-refractivity contribution in [3.8, 4) is 0 Å². The summed E-state index contributed by atoms with van der Waals surface area (Å²) in [7, 11) is 0. The molecule has 19 N–H and O–H groups in total. The summed E-state index contributed by atoms with van der Waals surface area (Å²) in [6, 6.07) is 11.8. The van der Waals surface area contributed by atoms with Crippen LogP contribution in [-0.4, -0.2) is 167 Å². The molecule has 400 valence electrons. The van der Waals surface area contributed by atoms with Gasteiger partial charge in [0.15, 0.2) is 12.6 Å². The van der Waals surface area contributed by atoms with Crippen LogP contribution < -0.4 is 40.1 Å². The number of amides is 1. The van der Waals surface area contributed by atoms with Gasteiger partial charge >= 0.3 is 0 Å². The fraction of sp³-hybridized carbons (Fsp3) is 0.706. The minimum Gasteiger partial charge on any atom is -0.394 e. The molecule has 16 atom stereocenters. The fourth-order valence-corrected chi connectivity index (χ4v) is 10.6. The van der Waals surface area contributed by atoms with Crippen molar-refractivity contribution < 1.29 is 54.0 Å². The van der Waals surface area contributed by atoms with E-state index in [2.05, 4.69) is 12.1 Å². The van der Waals surface area contributed by atoms with Crippen LogP contribution in [-0.2, 0) is 35.0 Å². The quantitative estimate of drug-likeness (QED) is 0.0375. The first-order chi connectivity index (χ1) is 34.2. The molecule has 0 bridgehead atoms. The van der Waals surface area contributed by atoms with Crippen LogP contribution in [0.15, 0.2) is 48.5 Å². The molecule has 2 saturated heterocycles. The number of rotatable bonds is 27. The smallest absolute Gasteiger partial charge is 0.239 e. The van der Waals surface area contributed by atoms with Gasteiger partial charge in [-0.1, -0.05) is 118 Å². The Morgan fingerprint density at radius 2 is 1.20 bits per heavy atom. The molecule has 1 amide bonds. The second-order valence-electron chi connectivity index (χ2n) is 19.8. The molecule has 71 heavy (non-hydrogen) atoms. The normalized spacial score (nSPS) is 31.8. The van der Waals surface area contributed by atoms with Gasteiger partial charge in [0.1, 0.15) is 54.9 Å². The Balaban J connectivity index is 0.979. The number of hydrogen-bond acceptors (Lipinski definition) is 18. The number of nitrogens with zero attached hydrogens (tertiary/aromatic N) is 1. The van der Waals surface area contributed by atoms with E-state index in [4.69, 9.17) is 75.4 Å². The van der Waals surface area contributed by atoms with E-state index in [0.29, 0.717) is 37.5 Å². The minimum atomic E-state index is -1.47. The highest BCUT2D eigenvalue weighted by atomic mass is 35.5. The predicted molar refractivity (Wildman–Crippen MR) is 272 cm³/mol. The van der Waals surface area contributed by atoms with Gasteiger partial charge < -0.3 is 94.3 Å². The first-order valence-corrected chi connectivity index (χ1v) is 26.2. The molecule has 3 aromatic carbocycles. The zero-order valence-electron chi connectivity index (χ0n) is 41.1. The minimum absolute atomic E-state index is 0.0395. The summed E-state index contributed by atoms with van der Waals surface area (Å²) in [5.74, 6) is -0.0395. The maximum Gasteiger partial charge on any atom is 0.239 e. The molecule has 6 rings (SSSR count). The summed E-state index contributed by atoms with van der Waals surface area (Å²) in [5.41, 5.74) is 44.8. The zero-order valence-corrected chi connectivity index (χ0v) is 41.8. The van der Waals surface area contributed by atoms with Gasteiger partial charge in [0.25, 0.3) is 0 Å². The molecule has 3 fully saturated rings. The first-order valence-electron chi connectivity index (χ1n) is 25.8. The van der Waals surface area contributed by atoms with Crippen LogP contribution >= 0.6 is 11.6 Å². The van der Waals surface area contributed by atoms with Crippen LogP contribution in [0.4, 0.5) is 0 Å². The van der Waals surface area contributed by atoms with E-state index in [9.17, 15) is 30.3 Å². The lowest BCUT2D eigenvalue weighted by atomic mass is 9.84. The van der Waals surface area contributed by atoms with Crippen LogP contribution in [0.5, 0.6) is 0 Å². The SMILES string of the molecule is NCCCCC(N)C(=O)N(CCCCCCCCCCCCO[C@@H]1[C@@H](O[C@@H]2O[C@H](CO)[C@@H](O)[C@H](N)[C@H]2O)[C@H](N)C[C@H](N)[C@H]1O[C@H]1O[C@H](CN)[C@@H](O)[C@H](O)[C@H]1N)Cc1c2ccccc2c(Cl)c2ccccc12. The summed E-state index contributed by atoms with van der Waals surface area (Å²) in [5, 5.41) is 57.1. The van der Waals surface area contributed by atoms with Gasteiger partial charge in [-0.05, 0) is 55.0 Å². The zero-order chi connectivity index (χ0) is 51.2. The molecule has 2 aliphatic heterocycles. The summed E-state index contributed by atoms with van der Waals surface area (Å²) in [6.45, 7) is 1.23. The molecular weight excluding hydrogens is 936 g/mol. The Morgan fingerprint density at radius 3 is 1.76 bits per heavy atom. The maximum atomic E-state index is 14.0. The van der Waals surface area contributed by atoms with Gasteiger partial charge in [-0.25, -0.2) is 0 Å².